The van der Waals surface area contributed by atoms with Crippen molar-refractivity contribution < 1.29 is 4.79 Å². The van der Waals surface area contributed by atoms with E-state index < -0.39 is 0 Å². The van der Waals surface area contributed by atoms with Gasteiger partial charge >= 0.3 is 0 Å². The summed E-state index contributed by atoms with van der Waals surface area (Å²) in [5.41, 5.74) is 12.0. The molecule has 5 heteroatoms. The number of nitrogens with zero attached hydrogens (tertiary/aromatic N) is 1. The lowest BCUT2D eigenvalue weighted by molar-refractivity contribution is -0.124. The number of hydrogen-bond donors (Lipinski definition) is 2. The van der Waals surface area contributed by atoms with Gasteiger partial charge in [-0.3, -0.25) is 9.69 Å². The van der Waals surface area contributed by atoms with Gasteiger partial charge in [-0.2, -0.15) is 0 Å². The molecule has 0 radical (unpaired) electrons. The number of amides is 1. The van der Waals surface area contributed by atoms with Crippen molar-refractivity contribution in [3.63, 3.8) is 0 Å². The van der Waals surface area contributed by atoms with Gasteiger partial charge in [-0.1, -0.05) is 6.92 Å². The van der Waals surface area contributed by atoms with Crippen LogP contribution < -0.4 is 11.5 Å². The number of piperidine rings is 1. The fourth-order valence-electron chi connectivity index (χ4n) is 3.21. The molecule has 1 saturated heterocycles. The lowest BCUT2D eigenvalue weighted by atomic mass is 9.89. The Balaban J connectivity index is 2.28. The highest BCUT2D eigenvalue weighted by molar-refractivity contribution is 7.12. The molecule has 2 rings (SSSR count). The molecule has 0 aliphatic carbocycles. The fraction of sp³-hybridized carbons (Fsp3) is 0.688. The summed E-state index contributed by atoms with van der Waals surface area (Å²) in [5, 5.41) is 0. The van der Waals surface area contributed by atoms with Crippen molar-refractivity contribution in [1.29, 1.82) is 0 Å². The van der Waals surface area contributed by atoms with Crippen LogP contribution >= 0.6 is 11.3 Å². The molecular weight excluding hydrogens is 282 g/mol. The van der Waals surface area contributed by atoms with Crippen LogP contribution in [-0.2, 0) is 4.79 Å². The number of carbonyl (C=O) groups excluding carboxylic acids is 1. The lowest BCUT2D eigenvalue weighted by Crippen LogP contribution is -2.51. The Morgan fingerprint density at radius 2 is 2.19 bits per heavy atom. The van der Waals surface area contributed by atoms with E-state index in [-0.39, 0.29) is 23.9 Å². The van der Waals surface area contributed by atoms with Gasteiger partial charge in [-0.15, -0.1) is 11.3 Å². The molecule has 2 heterocycles. The van der Waals surface area contributed by atoms with Crippen molar-refractivity contribution in [2.24, 2.45) is 17.4 Å². The standard InChI is InChI=1S/C16H27N3OS/c1-4-13(17)15(14-8-6-11(3)21-14)19-9-12(16(18)20)7-5-10(19)2/h6,8,10,12-13,15H,4-5,7,9,17H2,1-3H3,(H2,18,20). The highest BCUT2D eigenvalue weighted by atomic mass is 32.1. The van der Waals surface area contributed by atoms with Crippen LogP contribution in [0.25, 0.3) is 0 Å². The van der Waals surface area contributed by atoms with E-state index in [0.717, 1.165) is 25.8 Å². The highest BCUT2D eigenvalue weighted by Crippen LogP contribution is 2.36. The molecular formula is C16H27N3OS. The Morgan fingerprint density at radius 3 is 2.71 bits per heavy atom. The minimum Gasteiger partial charge on any atom is -0.369 e. The second kappa shape index (κ2) is 6.90. The smallest absolute Gasteiger partial charge is 0.221 e. The molecule has 4 atom stereocenters. The minimum atomic E-state index is -0.182. The van der Waals surface area contributed by atoms with Gasteiger partial charge in [-0.25, -0.2) is 0 Å². The summed E-state index contributed by atoms with van der Waals surface area (Å²) in [6.45, 7) is 7.20. The number of nitrogens with two attached hydrogens (primary N) is 2. The molecule has 4 unspecified atom stereocenters. The maximum Gasteiger partial charge on any atom is 0.221 e. The molecule has 1 fully saturated rings. The zero-order valence-electron chi connectivity index (χ0n) is 13.2. The maximum absolute atomic E-state index is 11.6. The first-order valence-corrected chi connectivity index (χ1v) is 8.62. The van der Waals surface area contributed by atoms with Crippen molar-refractivity contribution in [2.75, 3.05) is 6.54 Å². The first kappa shape index (κ1) is 16.5. The molecule has 4 N–H and O–H groups in total. The molecule has 4 nitrogen and oxygen atoms in total. The second-order valence-corrected chi connectivity index (χ2v) is 7.51. The Hall–Kier alpha value is -0.910. The average molecular weight is 309 g/mol. The van der Waals surface area contributed by atoms with Gasteiger partial charge in [-0.05, 0) is 45.2 Å². The van der Waals surface area contributed by atoms with E-state index in [4.69, 9.17) is 11.5 Å². The van der Waals surface area contributed by atoms with Gasteiger partial charge in [0.25, 0.3) is 0 Å². The van der Waals surface area contributed by atoms with Gasteiger partial charge in [0.2, 0.25) is 5.91 Å². The molecule has 21 heavy (non-hydrogen) atoms. The quantitative estimate of drug-likeness (QED) is 0.877. The highest BCUT2D eigenvalue weighted by Gasteiger charge is 2.36. The summed E-state index contributed by atoms with van der Waals surface area (Å²) in [6, 6.07) is 5.03. The van der Waals surface area contributed by atoms with E-state index in [0.29, 0.717) is 6.04 Å². The van der Waals surface area contributed by atoms with Crippen LogP contribution in [0.2, 0.25) is 0 Å². The number of hydrogen-bond acceptors (Lipinski definition) is 4. The molecule has 118 valence electrons. The Kier molecular flexibility index (Phi) is 5.41. The van der Waals surface area contributed by atoms with E-state index in [1.807, 2.05) is 11.3 Å². The maximum atomic E-state index is 11.6. The molecule has 1 aliphatic heterocycles. The molecule has 1 aliphatic rings. The van der Waals surface area contributed by atoms with Gasteiger partial charge in [0.1, 0.15) is 0 Å². The third-order valence-electron chi connectivity index (χ3n) is 4.62. The van der Waals surface area contributed by atoms with E-state index in [2.05, 4.69) is 37.8 Å². The first-order valence-electron chi connectivity index (χ1n) is 7.81. The Labute approximate surface area is 131 Å². The van der Waals surface area contributed by atoms with Gasteiger partial charge in [0.05, 0.1) is 12.0 Å². The Morgan fingerprint density at radius 1 is 1.48 bits per heavy atom. The predicted octanol–water partition coefficient (Wildman–Crippen LogP) is 2.42. The number of carbonyl (C=O) groups is 1. The van der Waals surface area contributed by atoms with Crippen LogP contribution in [-0.4, -0.2) is 29.4 Å². The van der Waals surface area contributed by atoms with E-state index >= 15 is 0 Å². The molecule has 0 bridgehead atoms. The van der Waals surface area contributed by atoms with Crippen molar-refractivity contribution in [1.82, 2.24) is 4.90 Å². The molecule has 1 aromatic heterocycles. The van der Waals surface area contributed by atoms with Crippen molar-refractivity contribution in [3.05, 3.63) is 21.9 Å². The van der Waals surface area contributed by atoms with Crippen LogP contribution in [0.3, 0.4) is 0 Å². The second-order valence-electron chi connectivity index (χ2n) is 6.19. The Bertz CT molecular complexity index is 488. The third kappa shape index (κ3) is 3.65. The van der Waals surface area contributed by atoms with Crippen LogP contribution in [0.4, 0.5) is 0 Å². The number of likely N-dealkylation sites (tertiary alicyclic amines) is 1. The summed E-state index contributed by atoms with van der Waals surface area (Å²) < 4.78 is 0. The van der Waals surface area contributed by atoms with Crippen molar-refractivity contribution in [3.8, 4) is 0 Å². The fourth-order valence-corrected chi connectivity index (χ4v) is 4.28. The zero-order valence-corrected chi connectivity index (χ0v) is 14.0. The molecule has 0 aromatic carbocycles. The first-order chi connectivity index (χ1) is 9.93. The monoisotopic (exact) mass is 309 g/mol. The van der Waals surface area contributed by atoms with Gasteiger partial charge in [0, 0.05) is 28.4 Å². The van der Waals surface area contributed by atoms with Crippen molar-refractivity contribution >= 4 is 17.2 Å². The van der Waals surface area contributed by atoms with Crippen LogP contribution in [0, 0.1) is 12.8 Å². The molecule has 1 aromatic rings. The topological polar surface area (TPSA) is 72.3 Å². The zero-order chi connectivity index (χ0) is 15.6. The van der Waals surface area contributed by atoms with Crippen LogP contribution in [0.15, 0.2) is 12.1 Å². The molecule has 0 saturated carbocycles. The summed E-state index contributed by atoms with van der Waals surface area (Å²) in [6.07, 6.45) is 2.82. The lowest BCUT2D eigenvalue weighted by Gasteiger charge is -2.43. The summed E-state index contributed by atoms with van der Waals surface area (Å²) in [7, 11) is 0. The summed E-state index contributed by atoms with van der Waals surface area (Å²) >= 11 is 1.81. The van der Waals surface area contributed by atoms with Crippen molar-refractivity contribution in [2.45, 2.75) is 58.2 Å². The largest absolute Gasteiger partial charge is 0.369 e. The average Bonchev–Trinajstić information content (AvgIpc) is 2.86. The van der Waals surface area contributed by atoms with Gasteiger partial charge in [0.15, 0.2) is 0 Å². The predicted molar refractivity (Wildman–Crippen MR) is 88.1 cm³/mol. The van der Waals surface area contributed by atoms with Gasteiger partial charge < -0.3 is 11.5 Å². The normalized spacial score (nSPS) is 26.5. The SMILES string of the molecule is CCC(N)C(c1ccc(C)s1)N1CC(C(N)=O)CCC1C. The van der Waals surface area contributed by atoms with Crippen LogP contribution in [0.1, 0.15) is 48.9 Å². The molecule has 1 amide bonds. The van der Waals surface area contributed by atoms with E-state index in [1.54, 1.807) is 0 Å². The number of aryl methyl sites for hydroxylation is 1. The third-order valence-corrected chi connectivity index (χ3v) is 5.69. The number of primary amides is 1. The number of thiophene rings is 1. The number of rotatable bonds is 5. The minimum absolute atomic E-state index is 0.0474. The summed E-state index contributed by atoms with van der Waals surface area (Å²) in [4.78, 5) is 16.6. The summed E-state index contributed by atoms with van der Waals surface area (Å²) in [5.74, 6) is -0.230. The van der Waals surface area contributed by atoms with Crippen LogP contribution in [0.5, 0.6) is 0 Å². The van der Waals surface area contributed by atoms with E-state index in [9.17, 15) is 4.79 Å². The van der Waals surface area contributed by atoms with E-state index in [1.165, 1.54) is 9.75 Å². The molecule has 0 spiro atoms.